The van der Waals surface area contributed by atoms with E-state index in [4.69, 9.17) is 5.84 Å². The van der Waals surface area contributed by atoms with E-state index < -0.39 is 0 Å². The Morgan fingerprint density at radius 3 is 2.71 bits per heavy atom. The lowest BCUT2D eigenvalue weighted by atomic mass is 10.1. The predicted octanol–water partition coefficient (Wildman–Crippen LogP) is 2.33. The van der Waals surface area contributed by atoms with Crippen molar-refractivity contribution in [2.45, 2.75) is 24.3 Å². The van der Waals surface area contributed by atoms with Crippen LogP contribution < -0.4 is 11.4 Å². The van der Waals surface area contributed by atoms with Gasteiger partial charge in [0.15, 0.2) is 5.82 Å². The first kappa shape index (κ1) is 18.2. The lowest BCUT2D eigenvalue weighted by Crippen LogP contribution is -2.16. The van der Waals surface area contributed by atoms with Gasteiger partial charge < -0.3 is 5.84 Å². The number of pyridine rings is 1. The van der Waals surface area contributed by atoms with Crippen LogP contribution in [0.3, 0.4) is 0 Å². The summed E-state index contributed by atoms with van der Waals surface area (Å²) >= 11 is 1.35. The monoisotopic (exact) mass is 396 g/mol. The maximum absolute atomic E-state index is 13.0. The van der Waals surface area contributed by atoms with Gasteiger partial charge in [0.25, 0.3) is 5.56 Å². The van der Waals surface area contributed by atoms with Crippen LogP contribution in [0.1, 0.15) is 22.6 Å². The molecular formula is C19H17FN6OS. The van der Waals surface area contributed by atoms with Gasteiger partial charge in [-0.1, -0.05) is 30.0 Å². The van der Waals surface area contributed by atoms with Crippen LogP contribution in [-0.4, -0.2) is 24.3 Å². The second-order valence-corrected chi connectivity index (χ2v) is 7.32. The smallest absolute Gasteiger partial charge is 0.258 e. The lowest BCUT2D eigenvalue weighted by molar-refractivity contribution is 0.627. The van der Waals surface area contributed by atoms with Gasteiger partial charge in [-0.2, -0.15) is 0 Å². The second kappa shape index (κ2) is 7.43. The summed E-state index contributed by atoms with van der Waals surface area (Å²) < 4.78 is 16.0. The maximum atomic E-state index is 13.0. The van der Waals surface area contributed by atoms with Gasteiger partial charge in [-0.15, -0.1) is 10.2 Å². The van der Waals surface area contributed by atoms with Gasteiger partial charge in [0, 0.05) is 24.4 Å². The van der Waals surface area contributed by atoms with Gasteiger partial charge in [-0.3, -0.25) is 9.20 Å². The zero-order chi connectivity index (χ0) is 19.7. The Hall–Kier alpha value is -3.20. The molecule has 0 bridgehead atoms. The molecule has 28 heavy (non-hydrogen) atoms. The molecule has 1 aromatic carbocycles. The van der Waals surface area contributed by atoms with E-state index in [9.17, 15) is 9.18 Å². The van der Waals surface area contributed by atoms with E-state index >= 15 is 0 Å². The maximum Gasteiger partial charge on any atom is 0.258 e. The summed E-state index contributed by atoms with van der Waals surface area (Å²) in [4.78, 5) is 16.8. The molecule has 0 atom stereocenters. The molecule has 2 N–H and O–H groups in total. The number of hydrogen-bond donors (Lipinski definition) is 1. The summed E-state index contributed by atoms with van der Waals surface area (Å²) in [5.41, 5.74) is 2.98. The van der Waals surface area contributed by atoms with Gasteiger partial charge in [0.2, 0.25) is 5.16 Å². The first-order valence-corrected chi connectivity index (χ1v) is 9.54. The molecule has 0 spiro atoms. The molecule has 3 heterocycles. The molecule has 0 amide bonds. The fraction of sp³-hybridized carbons (Fsp3) is 0.158. The molecule has 0 aliphatic heterocycles. The van der Waals surface area contributed by atoms with Crippen LogP contribution >= 0.6 is 11.8 Å². The summed E-state index contributed by atoms with van der Waals surface area (Å²) in [7, 11) is 0. The van der Waals surface area contributed by atoms with E-state index in [1.807, 2.05) is 19.1 Å². The van der Waals surface area contributed by atoms with E-state index in [0.29, 0.717) is 34.5 Å². The van der Waals surface area contributed by atoms with Crippen molar-refractivity contribution in [1.82, 2.24) is 24.3 Å². The third kappa shape index (κ3) is 3.74. The third-order valence-electron chi connectivity index (χ3n) is 4.22. The molecule has 0 fully saturated rings. The van der Waals surface area contributed by atoms with Crippen LogP contribution in [0, 0.1) is 12.7 Å². The first-order chi connectivity index (χ1) is 13.5. The number of thioether (sulfide) groups is 1. The van der Waals surface area contributed by atoms with Crippen LogP contribution in [0.15, 0.2) is 58.6 Å². The van der Waals surface area contributed by atoms with E-state index in [2.05, 4.69) is 15.2 Å². The minimum atomic E-state index is -0.289. The number of nitrogens with zero attached hydrogens (tertiary/aromatic N) is 5. The van der Waals surface area contributed by atoms with Crippen molar-refractivity contribution in [3.05, 3.63) is 87.5 Å². The Kier molecular flexibility index (Phi) is 4.82. The molecule has 142 valence electrons. The Bertz CT molecular complexity index is 1200. The number of fused-ring (bicyclic) bond motifs is 1. The Morgan fingerprint density at radius 1 is 1.14 bits per heavy atom. The number of benzene rings is 1. The Labute approximate surface area is 164 Å². The zero-order valence-corrected chi connectivity index (χ0v) is 15.9. The Balaban J connectivity index is 1.50. The van der Waals surface area contributed by atoms with E-state index in [1.54, 1.807) is 18.3 Å². The minimum absolute atomic E-state index is 0.129. The van der Waals surface area contributed by atoms with Crippen molar-refractivity contribution in [3.63, 3.8) is 0 Å². The fourth-order valence-corrected chi connectivity index (χ4v) is 3.55. The zero-order valence-electron chi connectivity index (χ0n) is 15.0. The normalized spacial score (nSPS) is 11.2. The number of rotatable bonds is 5. The third-order valence-corrected chi connectivity index (χ3v) is 5.20. The van der Waals surface area contributed by atoms with Gasteiger partial charge in [0.05, 0.1) is 5.69 Å². The molecule has 7 nitrogen and oxygen atoms in total. The van der Waals surface area contributed by atoms with E-state index in [0.717, 1.165) is 11.1 Å². The number of halogens is 1. The number of nitrogens with two attached hydrogens (primary N) is 1. The summed E-state index contributed by atoms with van der Waals surface area (Å²) in [6.07, 6.45) is 2.21. The van der Waals surface area contributed by atoms with Crippen LogP contribution in [0.25, 0.3) is 5.65 Å². The van der Waals surface area contributed by atoms with E-state index in [1.165, 1.54) is 39.0 Å². The highest BCUT2D eigenvalue weighted by atomic mass is 32.2. The van der Waals surface area contributed by atoms with Crippen LogP contribution in [0.5, 0.6) is 0 Å². The molecular weight excluding hydrogens is 379 g/mol. The highest BCUT2D eigenvalue weighted by molar-refractivity contribution is 7.98. The van der Waals surface area contributed by atoms with Crippen molar-refractivity contribution in [2.75, 3.05) is 5.84 Å². The van der Waals surface area contributed by atoms with Crippen molar-refractivity contribution in [3.8, 4) is 0 Å². The number of nitrogen functional groups attached to an aromatic ring is 1. The lowest BCUT2D eigenvalue weighted by Gasteiger charge is -2.06. The van der Waals surface area contributed by atoms with Gasteiger partial charge in [-0.25, -0.2) is 14.1 Å². The Morgan fingerprint density at radius 2 is 1.93 bits per heavy atom. The average molecular weight is 396 g/mol. The summed E-state index contributed by atoms with van der Waals surface area (Å²) in [6.45, 7) is 1.92. The minimum Gasteiger partial charge on any atom is -0.336 e. The number of aryl methyl sites for hydroxylation is 1. The highest BCUT2D eigenvalue weighted by Crippen LogP contribution is 2.20. The predicted molar refractivity (Wildman–Crippen MR) is 105 cm³/mol. The van der Waals surface area contributed by atoms with Gasteiger partial charge in [0.1, 0.15) is 11.5 Å². The molecule has 0 saturated carbocycles. The van der Waals surface area contributed by atoms with Crippen LogP contribution in [0.2, 0.25) is 0 Å². The number of aromatic nitrogens is 5. The van der Waals surface area contributed by atoms with E-state index in [-0.39, 0.29) is 11.4 Å². The quantitative estimate of drug-likeness (QED) is 0.411. The highest BCUT2D eigenvalue weighted by Gasteiger charge is 2.12. The topological polar surface area (TPSA) is 91.1 Å². The van der Waals surface area contributed by atoms with Crippen molar-refractivity contribution in [2.24, 2.45) is 0 Å². The first-order valence-electron chi connectivity index (χ1n) is 8.55. The molecule has 3 aromatic heterocycles. The molecule has 0 radical (unpaired) electrons. The molecule has 0 unspecified atom stereocenters. The van der Waals surface area contributed by atoms with Crippen LogP contribution in [-0.2, 0) is 12.2 Å². The molecule has 4 aromatic rings. The molecule has 0 saturated heterocycles. The fourth-order valence-electron chi connectivity index (χ4n) is 2.78. The largest absolute Gasteiger partial charge is 0.336 e. The van der Waals surface area contributed by atoms with Crippen molar-refractivity contribution >= 4 is 17.4 Å². The van der Waals surface area contributed by atoms with Crippen molar-refractivity contribution in [1.29, 1.82) is 0 Å². The molecule has 0 aliphatic carbocycles. The van der Waals surface area contributed by atoms with Crippen molar-refractivity contribution < 1.29 is 4.39 Å². The standard InChI is InChI=1S/C19H17FN6OS/c1-12-2-7-16-22-15(9-18(27)25(16)10-12)11-28-19-24-23-17(26(19)21)8-13-3-5-14(20)6-4-13/h2-7,9-10H,8,11,21H2,1H3. The summed E-state index contributed by atoms with van der Waals surface area (Å²) in [5.74, 6) is 6.81. The summed E-state index contributed by atoms with van der Waals surface area (Å²) in [5, 5.41) is 8.73. The molecule has 4 rings (SSSR count). The van der Waals surface area contributed by atoms with Gasteiger partial charge >= 0.3 is 0 Å². The second-order valence-electron chi connectivity index (χ2n) is 6.38. The van der Waals surface area contributed by atoms with Crippen LogP contribution in [0.4, 0.5) is 4.39 Å². The van der Waals surface area contributed by atoms with Gasteiger partial charge in [-0.05, 0) is 36.2 Å². The SMILES string of the molecule is Cc1ccc2nc(CSc3nnc(Cc4ccc(F)cc4)n3N)cc(=O)n2c1. The number of hydrogen-bond acceptors (Lipinski definition) is 6. The molecule has 0 aliphatic rings. The molecule has 9 heteroatoms. The average Bonchev–Trinajstić information content (AvgIpc) is 3.02. The summed E-state index contributed by atoms with van der Waals surface area (Å²) in [6, 6.07) is 11.4.